The second-order valence-electron chi connectivity index (χ2n) is 5.43. The van der Waals surface area contributed by atoms with Crippen molar-refractivity contribution in [3.05, 3.63) is 65.5 Å². The first kappa shape index (κ1) is 19.7. The topological polar surface area (TPSA) is 91.7 Å². The molecule has 0 aliphatic carbocycles. The number of aromatic nitrogens is 1. The summed E-state index contributed by atoms with van der Waals surface area (Å²) in [5.74, 6) is 0. The fraction of sp³-hybridized carbons (Fsp3) is 0.294. The van der Waals surface area contributed by atoms with Gasteiger partial charge >= 0.3 is 12.3 Å². The van der Waals surface area contributed by atoms with E-state index in [1.54, 1.807) is 24.3 Å². The smallest absolute Gasteiger partial charge is 0.433 e. The van der Waals surface area contributed by atoms with Gasteiger partial charge in [0.1, 0.15) is 24.5 Å². The van der Waals surface area contributed by atoms with Crippen LogP contribution in [0.2, 0.25) is 0 Å². The number of carbonyl (C=O) groups excluding carboxylic acids is 1. The van der Waals surface area contributed by atoms with Crippen molar-refractivity contribution in [2.24, 2.45) is 0 Å². The van der Waals surface area contributed by atoms with Crippen LogP contribution in [0.4, 0.5) is 18.0 Å². The summed E-state index contributed by atoms with van der Waals surface area (Å²) in [5.41, 5.74) is -0.338. The van der Waals surface area contributed by atoms with Crippen LogP contribution in [-0.2, 0) is 17.5 Å². The Morgan fingerprint density at radius 2 is 1.85 bits per heavy atom. The molecule has 1 amide bonds. The van der Waals surface area contributed by atoms with Gasteiger partial charge < -0.3 is 20.3 Å². The molecule has 3 N–H and O–H groups in total. The van der Waals surface area contributed by atoms with Crippen LogP contribution in [-0.4, -0.2) is 33.9 Å². The predicted molar refractivity (Wildman–Crippen MR) is 84.8 cm³/mol. The normalized spacial score (nSPS) is 13.7. The second kappa shape index (κ2) is 8.63. The quantitative estimate of drug-likeness (QED) is 0.726. The molecule has 140 valence electrons. The molecule has 2 rings (SSSR count). The lowest BCUT2D eigenvalue weighted by molar-refractivity contribution is -0.141. The van der Waals surface area contributed by atoms with E-state index in [2.05, 4.69) is 10.3 Å². The third-order valence-electron chi connectivity index (χ3n) is 3.45. The van der Waals surface area contributed by atoms with Crippen LogP contribution in [0.1, 0.15) is 22.9 Å². The molecule has 0 radical (unpaired) electrons. The summed E-state index contributed by atoms with van der Waals surface area (Å²) in [6, 6.07) is 10.6. The van der Waals surface area contributed by atoms with Crippen LogP contribution in [0, 0.1) is 0 Å². The van der Waals surface area contributed by atoms with E-state index in [0.717, 1.165) is 17.8 Å². The number of nitrogens with zero attached hydrogens (tertiary/aromatic N) is 1. The zero-order valence-corrected chi connectivity index (χ0v) is 13.5. The molecule has 2 aromatic rings. The van der Waals surface area contributed by atoms with E-state index in [1.165, 1.54) is 0 Å². The molecule has 0 fully saturated rings. The molecule has 6 nitrogen and oxygen atoms in total. The number of aliphatic hydroxyl groups excluding tert-OH is 2. The number of benzene rings is 1. The fourth-order valence-corrected chi connectivity index (χ4v) is 2.04. The molecule has 0 aliphatic rings. The zero-order valence-electron chi connectivity index (χ0n) is 13.5. The highest BCUT2D eigenvalue weighted by Gasteiger charge is 2.32. The highest BCUT2D eigenvalue weighted by molar-refractivity contribution is 5.67. The highest BCUT2D eigenvalue weighted by atomic mass is 19.4. The lowest BCUT2D eigenvalue weighted by atomic mass is 10.1. The predicted octanol–water partition coefficient (Wildman–Crippen LogP) is 2.42. The van der Waals surface area contributed by atoms with Gasteiger partial charge in [-0.05, 0) is 11.6 Å². The molecule has 9 heteroatoms. The van der Waals surface area contributed by atoms with Crippen LogP contribution in [0.25, 0.3) is 0 Å². The van der Waals surface area contributed by atoms with Gasteiger partial charge in [-0.1, -0.05) is 36.4 Å². The Hall–Kier alpha value is -2.65. The minimum Gasteiger partial charge on any atom is -0.445 e. The lowest BCUT2D eigenvalue weighted by Crippen LogP contribution is -2.35. The van der Waals surface area contributed by atoms with Crippen molar-refractivity contribution >= 4 is 6.09 Å². The summed E-state index contributed by atoms with van der Waals surface area (Å²) in [5, 5.41) is 22.1. The van der Waals surface area contributed by atoms with Crippen molar-refractivity contribution in [1.82, 2.24) is 10.3 Å². The van der Waals surface area contributed by atoms with Crippen LogP contribution >= 0.6 is 0 Å². The Balaban J connectivity index is 1.81. The van der Waals surface area contributed by atoms with E-state index >= 15 is 0 Å². The Bertz CT molecular complexity index is 708. The molecule has 1 heterocycles. The molecular weight excluding hydrogens is 353 g/mol. The van der Waals surface area contributed by atoms with Gasteiger partial charge in [-0.25, -0.2) is 4.79 Å². The number of alkyl halides is 3. The zero-order chi connectivity index (χ0) is 19.2. The van der Waals surface area contributed by atoms with Crippen LogP contribution < -0.4 is 5.32 Å². The maximum absolute atomic E-state index is 12.4. The third kappa shape index (κ3) is 5.71. The summed E-state index contributed by atoms with van der Waals surface area (Å²) < 4.78 is 42.3. The Morgan fingerprint density at radius 1 is 1.15 bits per heavy atom. The molecule has 0 spiro atoms. The maximum Gasteiger partial charge on any atom is 0.433 e. The second-order valence-corrected chi connectivity index (χ2v) is 5.43. The number of nitrogens with one attached hydrogen (secondary N) is 1. The van der Waals surface area contributed by atoms with Gasteiger partial charge in [0.25, 0.3) is 0 Å². The molecule has 0 saturated carbocycles. The van der Waals surface area contributed by atoms with E-state index in [4.69, 9.17) is 4.74 Å². The van der Waals surface area contributed by atoms with Gasteiger partial charge in [-0.2, -0.15) is 13.2 Å². The first-order valence-electron chi connectivity index (χ1n) is 7.61. The summed E-state index contributed by atoms with van der Waals surface area (Å²) >= 11 is 0. The molecule has 2 atom stereocenters. The summed E-state index contributed by atoms with van der Waals surface area (Å²) in [6.45, 7) is -0.316. The van der Waals surface area contributed by atoms with E-state index in [1.807, 2.05) is 6.07 Å². The largest absolute Gasteiger partial charge is 0.445 e. The van der Waals surface area contributed by atoms with Gasteiger partial charge in [-0.3, -0.25) is 4.98 Å². The van der Waals surface area contributed by atoms with E-state index in [9.17, 15) is 28.2 Å². The number of halogens is 3. The Morgan fingerprint density at radius 3 is 2.42 bits per heavy atom. The molecule has 0 aliphatic heterocycles. The number of hydrogen-bond donors (Lipinski definition) is 3. The van der Waals surface area contributed by atoms with E-state index in [0.29, 0.717) is 6.07 Å². The fourth-order valence-electron chi connectivity index (χ4n) is 2.04. The third-order valence-corrected chi connectivity index (χ3v) is 3.45. The van der Waals surface area contributed by atoms with Gasteiger partial charge in [0, 0.05) is 18.3 Å². The minimum absolute atomic E-state index is 0.00930. The van der Waals surface area contributed by atoms with Gasteiger partial charge in [0.15, 0.2) is 0 Å². The number of carbonyl (C=O) groups is 1. The van der Waals surface area contributed by atoms with Crippen molar-refractivity contribution in [3.8, 4) is 0 Å². The average Bonchev–Trinajstić information content (AvgIpc) is 2.64. The molecule has 0 saturated heterocycles. The van der Waals surface area contributed by atoms with Gasteiger partial charge in [0.2, 0.25) is 0 Å². The Labute approximate surface area is 147 Å². The number of aliphatic hydroxyl groups is 2. The molecular formula is C17H17F3N2O4. The van der Waals surface area contributed by atoms with E-state index < -0.39 is 30.2 Å². The summed E-state index contributed by atoms with van der Waals surface area (Å²) in [4.78, 5) is 14.8. The van der Waals surface area contributed by atoms with Crippen LogP contribution in [0.15, 0.2) is 48.7 Å². The van der Waals surface area contributed by atoms with Crippen molar-refractivity contribution < 1.29 is 32.9 Å². The van der Waals surface area contributed by atoms with Crippen molar-refractivity contribution in [3.63, 3.8) is 0 Å². The molecule has 1 aromatic heterocycles. The number of rotatable bonds is 6. The van der Waals surface area contributed by atoms with Gasteiger partial charge in [-0.15, -0.1) is 0 Å². The monoisotopic (exact) mass is 370 g/mol. The SMILES string of the molecule is O=C(NCC(O)C(O)c1ccc(C(F)(F)F)nc1)OCc1ccccc1. The number of amides is 1. The van der Waals surface area contributed by atoms with Gasteiger partial charge in [0.05, 0.1) is 0 Å². The molecule has 2 unspecified atom stereocenters. The van der Waals surface area contributed by atoms with Crippen molar-refractivity contribution in [1.29, 1.82) is 0 Å². The van der Waals surface area contributed by atoms with Crippen LogP contribution in [0.5, 0.6) is 0 Å². The number of pyridine rings is 1. The average molecular weight is 370 g/mol. The first-order chi connectivity index (χ1) is 12.3. The minimum atomic E-state index is -4.59. The number of hydrogen-bond acceptors (Lipinski definition) is 5. The van der Waals surface area contributed by atoms with Crippen molar-refractivity contribution in [2.45, 2.75) is 25.0 Å². The summed E-state index contributed by atoms with van der Waals surface area (Å²) in [6.07, 6.45) is -7.53. The summed E-state index contributed by atoms with van der Waals surface area (Å²) in [7, 11) is 0. The molecule has 26 heavy (non-hydrogen) atoms. The van der Waals surface area contributed by atoms with Crippen molar-refractivity contribution in [2.75, 3.05) is 6.54 Å². The van der Waals surface area contributed by atoms with Crippen LogP contribution in [0.3, 0.4) is 0 Å². The Kier molecular flexibility index (Phi) is 6.53. The van der Waals surface area contributed by atoms with E-state index in [-0.39, 0.29) is 18.7 Å². The lowest BCUT2D eigenvalue weighted by Gasteiger charge is -2.18. The maximum atomic E-state index is 12.4. The standard InChI is InChI=1S/C17H17F3N2O4/c18-17(19,20)14-7-6-12(8-21-14)15(24)13(23)9-22-16(25)26-10-11-4-2-1-3-5-11/h1-8,13,15,23-24H,9-10H2,(H,22,25). The first-order valence-corrected chi connectivity index (χ1v) is 7.61. The number of alkyl carbamates (subject to hydrolysis) is 1. The molecule has 0 bridgehead atoms. The molecule has 1 aromatic carbocycles. The highest BCUT2D eigenvalue weighted by Crippen LogP contribution is 2.28. The number of ether oxygens (including phenoxy) is 1.